The van der Waals surface area contributed by atoms with Crippen LogP contribution in [0.15, 0.2) is 0 Å². The van der Waals surface area contributed by atoms with E-state index in [4.69, 9.17) is 4.74 Å². The monoisotopic (exact) mass is 332 g/mol. The first kappa shape index (κ1) is 17.3. The predicted molar refractivity (Wildman–Crippen MR) is 71.1 cm³/mol. The van der Waals surface area contributed by atoms with Crippen molar-refractivity contribution in [2.45, 2.75) is 43.3 Å². The Morgan fingerprint density at radius 3 is 2.81 bits per heavy atom. The topological polar surface area (TPSA) is 38.7 Å². The van der Waals surface area contributed by atoms with E-state index in [1.807, 2.05) is 0 Å². The van der Waals surface area contributed by atoms with Gasteiger partial charge in [-0.3, -0.25) is 0 Å². The van der Waals surface area contributed by atoms with E-state index in [1.165, 1.54) is 0 Å². The van der Waals surface area contributed by atoms with Crippen molar-refractivity contribution in [3.05, 3.63) is 0 Å². The Labute approximate surface area is 125 Å². The second-order valence-electron chi connectivity index (χ2n) is 5.73. The first-order valence-corrected chi connectivity index (χ1v) is 8.14. The molecule has 1 N–H and O–H groups in total. The molecule has 3 unspecified atom stereocenters. The smallest absolute Gasteiger partial charge is 0.330 e. The van der Waals surface area contributed by atoms with Crippen molar-refractivity contribution in [1.82, 2.24) is 0 Å². The van der Waals surface area contributed by atoms with Crippen molar-refractivity contribution in [3.63, 3.8) is 0 Å². The molecule has 2 heterocycles. The Morgan fingerprint density at radius 2 is 2.19 bits per heavy atom. The van der Waals surface area contributed by atoms with Crippen LogP contribution in [0.5, 0.6) is 0 Å². The van der Waals surface area contributed by atoms with E-state index in [-0.39, 0.29) is 18.1 Å². The maximum Gasteiger partial charge on any atom is 0.330 e. The molecule has 0 amide bonds. The number of ether oxygens (including phenoxy) is 2. The number of aliphatic hydroxyl groups excluding tert-OH is 1. The minimum atomic E-state index is -4.17. The van der Waals surface area contributed by atoms with E-state index in [2.05, 4.69) is 4.74 Å². The fourth-order valence-corrected chi connectivity index (χ4v) is 4.15. The van der Waals surface area contributed by atoms with Crippen LogP contribution >= 0.6 is 11.8 Å². The lowest BCUT2D eigenvalue weighted by Crippen LogP contribution is -2.44. The lowest BCUT2D eigenvalue weighted by Gasteiger charge is -2.39. The zero-order valence-corrected chi connectivity index (χ0v) is 12.4. The number of rotatable bonds is 6. The molecule has 124 valence electrons. The van der Waals surface area contributed by atoms with Gasteiger partial charge in [0.2, 0.25) is 0 Å². The SMILES string of the molecule is OC(COCC(F)(F)C(F)F)C1CCOC2(CCSC2)C1. The van der Waals surface area contributed by atoms with Gasteiger partial charge in [-0.15, -0.1) is 0 Å². The largest absolute Gasteiger partial charge is 0.390 e. The number of halogens is 4. The van der Waals surface area contributed by atoms with Crippen molar-refractivity contribution in [2.24, 2.45) is 5.92 Å². The quantitative estimate of drug-likeness (QED) is 0.759. The number of alkyl halides is 4. The minimum absolute atomic E-state index is 0.0994. The average Bonchev–Trinajstić information content (AvgIpc) is 2.86. The van der Waals surface area contributed by atoms with Crippen LogP contribution in [0.4, 0.5) is 17.6 Å². The molecule has 1 spiro atoms. The van der Waals surface area contributed by atoms with Crippen LogP contribution in [-0.4, -0.2) is 60.5 Å². The first-order valence-electron chi connectivity index (χ1n) is 6.98. The predicted octanol–water partition coefficient (Wildman–Crippen LogP) is 2.57. The van der Waals surface area contributed by atoms with E-state index in [0.717, 1.165) is 17.9 Å². The second kappa shape index (κ2) is 7.02. The number of thioether (sulfide) groups is 1. The van der Waals surface area contributed by atoms with Gasteiger partial charge in [-0.1, -0.05) is 0 Å². The second-order valence-corrected chi connectivity index (χ2v) is 6.84. The number of aliphatic hydroxyl groups is 1. The van der Waals surface area contributed by atoms with Crippen LogP contribution in [0, 0.1) is 5.92 Å². The zero-order chi connectivity index (χ0) is 15.5. The van der Waals surface area contributed by atoms with Crippen molar-refractivity contribution >= 4 is 11.8 Å². The molecular formula is C13H20F4O3S. The third kappa shape index (κ3) is 4.46. The van der Waals surface area contributed by atoms with Gasteiger partial charge >= 0.3 is 12.3 Å². The molecule has 0 aromatic rings. The molecule has 21 heavy (non-hydrogen) atoms. The molecular weight excluding hydrogens is 312 g/mol. The van der Waals surface area contributed by atoms with Crippen molar-refractivity contribution < 1.29 is 32.1 Å². The average molecular weight is 332 g/mol. The Kier molecular flexibility index (Phi) is 5.78. The molecule has 2 saturated heterocycles. The molecule has 3 nitrogen and oxygen atoms in total. The standard InChI is InChI=1S/C13H20F4O3S/c14-11(15)13(16,17)7-19-6-10(18)9-1-3-20-12(5-9)2-4-21-8-12/h9-11,18H,1-8H2. The van der Waals surface area contributed by atoms with Crippen LogP contribution in [0.25, 0.3) is 0 Å². The summed E-state index contributed by atoms with van der Waals surface area (Å²) >= 11 is 1.80. The fourth-order valence-electron chi connectivity index (χ4n) is 2.77. The lowest BCUT2D eigenvalue weighted by molar-refractivity contribution is -0.176. The highest BCUT2D eigenvalue weighted by Gasteiger charge is 2.43. The van der Waals surface area contributed by atoms with E-state index in [9.17, 15) is 22.7 Å². The van der Waals surface area contributed by atoms with Gasteiger partial charge in [0.15, 0.2) is 0 Å². The fraction of sp³-hybridized carbons (Fsp3) is 1.00. The Bertz CT molecular complexity index is 337. The lowest BCUT2D eigenvalue weighted by atomic mass is 9.82. The third-order valence-corrected chi connectivity index (χ3v) is 5.27. The summed E-state index contributed by atoms with van der Waals surface area (Å²) in [5.74, 6) is -2.38. The van der Waals surface area contributed by atoms with Crippen LogP contribution in [0.3, 0.4) is 0 Å². The van der Waals surface area contributed by atoms with Gasteiger partial charge in [-0.05, 0) is 30.9 Å². The van der Waals surface area contributed by atoms with E-state index >= 15 is 0 Å². The molecule has 2 aliphatic rings. The number of hydrogen-bond acceptors (Lipinski definition) is 4. The highest BCUT2D eigenvalue weighted by Crippen LogP contribution is 2.41. The van der Waals surface area contributed by atoms with Crippen molar-refractivity contribution in [3.8, 4) is 0 Å². The van der Waals surface area contributed by atoms with E-state index < -0.39 is 25.1 Å². The molecule has 0 saturated carbocycles. The first-order chi connectivity index (χ1) is 9.85. The van der Waals surface area contributed by atoms with Gasteiger partial charge in [0, 0.05) is 12.4 Å². The van der Waals surface area contributed by atoms with Gasteiger partial charge in [0.1, 0.15) is 6.61 Å². The summed E-state index contributed by atoms with van der Waals surface area (Å²) in [6, 6.07) is 0. The summed E-state index contributed by atoms with van der Waals surface area (Å²) < 4.78 is 59.8. The van der Waals surface area contributed by atoms with Crippen molar-refractivity contribution in [1.29, 1.82) is 0 Å². The highest BCUT2D eigenvalue weighted by molar-refractivity contribution is 7.99. The van der Waals surface area contributed by atoms with Crippen LogP contribution in [0.2, 0.25) is 0 Å². The van der Waals surface area contributed by atoms with Crippen molar-refractivity contribution in [2.75, 3.05) is 31.3 Å². The molecule has 8 heteroatoms. The van der Waals surface area contributed by atoms with E-state index in [1.54, 1.807) is 11.8 Å². The molecule has 3 atom stereocenters. The third-order valence-electron chi connectivity index (χ3n) is 4.04. The molecule has 2 fully saturated rings. The number of hydrogen-bond donors (Lipinski definition) is 1. The Morgan fingerprint density at radius 1 is 1.43 bits per heavy atom. The minimum Gasteiger partial charge on any atom is -0.390 e. The summed E-state index contributed by atoms with van der Waals surface area (Å²) in [6.45, 7) is -1.20. The summed E-state index contributed by atoms with van der Waals surface area (Å²) in [4.78, 5) is 0. The molecule has 0 radical (unpaired) electrons. The summed E-state index contributed by atoms with van der Waals surface area (Å²) in [6.07, 6.45) is -2.47. The Hall–Kier alpha value is -0.0500. The zero-order valence-electron chi connectivity index (χ0n) is 11.6. The normalized spacial score (nSPS) is 32.0. The van der Waals surface area contributed by atoms with Gasteiger partial charge in [-0.2, -0.15) is 20.5 Å². The van der Waals surface area contributed by atoms with Crippen LogP contribution in [-0.2, 0) is 9.47 Å². The molecule has 0 aromatic carbocycles. The molecule has 2 aliphatic heterocycles. The molecule has 0 aromatic heterocycles. The van der Waals surface area contributed by atoms with E-state index in [0.29, 0.717) is 19.4 Å². The van der Waals surface area contributed by atoms with Crippen LogP contribution in [0.1, 0.15) is 19.3 Å². The maximum atomic E-state index is 12.7. The molecule has 0 aliphatic carbocycles. The van der Waals surface area contributed by atoms with Gasteiger partial charge in [0.25, 0.3) is 0 Å². The van der Waals surface area contributed by atoms with Gasteiger partial charge < -0.3 is 14.6 Å². The maximum absolute atomic E-state index is 12.7. The van der Waals surface area contributed by atoms with Crippen LogP contribution < -0.4 is 0 Å². The Balaban J connectivity index is 1.76. The summed E-state index contributed by atoms with van der Waals surface area (Å²) in [7, 11) is 0. The molecule has 2 rings (SSSR count). The molecule has 0 bridgehead atoms. The summed E-state index contributed by atoms with van der Waals surface area (Å²) in [5.41, 5.74) is -0.221. The highest BCUT2D eigenvalue weighted by atomic mass is 32.2. The summed E-state index contributed by atoms with van der Waals surface area (Å²) in [5, 5.41) is 10.0. The van der Waals surface area contributed by atoms with Gasteiger partial charge in [0.05, 0.1) is 18.3 Å². The van der Waals surface area contributed by atoms with Gasteiger partial charge in [-0.25, -0.2) is 8.78 Å².